The lowest BCUT2D eigenvalue weighted by molar-refractivity contribution is -0.120. The van der Waals surface area contributed by atoms with E-state index in [2.05, 4.69) is 10.3 Å². The van der Waals surface area contributed by atoms with Crippen LogP contribution in [0.2, 0.25) is 0 Å². The number of aromatic nitrogens is 1. The topological polar surface area (TPSA) is 88.5 Å². The number of hydrogen-bond donors (Lipinski definition) is 2. The highest BCUT2D eigenvalue weighted by molar-refractivity contribution is 7.13. The van der Waals surface area contributed by atoms with Gasteiger partial charge in [0.05, 0.1) is 19.2 Å². The Kier molecular flexibility index (Phi) is 5.18. The van der Waals surface area contributed by atoms with Gasteiger partial charge in [-0.05, 0) is 23.8 Å². The molecule has 134 valence electrons. The lowest BCUT2D eigenvalue weighted by Gasteiger charge is -2.13. The van der Waals surface area contributed by atoms with Gasteiger partial charge in [0, 0.05) is 12.1 Å². The molecule has 26 heavy (non-hydrogen) atoms. The van der Waals surface area contributed by atoms with E-state index in [0.717, 1.165) is 27.7 Å². The van der Waals surface area contributed by atoms with E-state index in [1.807, 2.05) is 36.4 Å². The molecule has 0 aliphatic rings. The summed E-state index contributed by atoms with van der Waals surface area (Å²) >= 11 is 1.03. The van der Waals surface area contributed by atoms with Crippen molar-refractivity contribution in [2.75, 3.05) is 7.11 Å². The second-order valence-electron chi connectivity index (χ2n) is 5.75. The van der Waals surface area contributed by atoms with Gasteiger partial charge in [-0.1, -0.05) is 30.3 Å². The number of aryl methyl sites for hydroxylation is 1. The van der Waals surface area contributed by atoms with Crippen molar-refractivity contribution in [1.82, 2.24) is 10.3 Å². The number of fused-ring (bicyclic) bond motifs is 1. The smallest absolute Gasteiger partial charge is 0.347 e. The highest BCUT2D eigenvalue weighted by Crippen LogP contribution is 2.27. The first-order valence-electron chi connectivity index (χ1n) is 8.00. The standard InChI is InChI=1S/C19H18N2O4S/c1-11-18(19(23)24)26-17(21-11)9-16(22)20-10-14-13-6-4-3-5-12(13)7-8-15(14)25-2/h3-8H,9-10H2,1-2H3,(H,20,22)(H,23,24). The number of nitrogens with zero attached hydrogens (tertiary/aromatic N) is 1. The van der Waals surface area contributed by atoms with E-state index in [4.69, 9.17) is 9.84 Å². The number of carboxylic acid groups (broad SMARTS) is 1. The second kappa shape index (κ2) is 7.53. The largest absolute Gasteiger partial charge is 0.496 e. The average Bonchev–Trinajstić information content (AvgIpc) is 2.99. The summed E-state index contributed by atoms with van der Waals surface area (Å²) in [7, 11) is 1.60. The van der Waals surface area contributed by atoms with Crippen molar-refractivity contribution >= 4 is 34.0 Å². The van der Waals surface area contributed by atoms with E-state index in [-0.39, 0.29) is 17.2 Å². The fourth-order valence-electron chi connectivity index (χ4n) is 2.80. The van der Waals surface area contributed by atoms with Gasteiger partial charge < -0.3 is 15.2 Å². The Labute approximate surface area is 154 Å². The van der Waals surface area contributed by atoms with Crippen molar-refractivity contribution < 1.29 is 19.4 Å². The van der Waals surface area contributed by atoms with Crippen LogP contribution in [-0.2, 0) is 17.8 Å². The van der Waals surface area contributed by atoms with Crippen LogP contribution in [0.15, 0.2) is 36.4 Å². The Morgan fingerprint density at radius 3 is 2.69 bits per heavy atom. The molecule has 3 rings (SSSR count). The third kappa shape index (κ3) is 3.67. The number of carbonyl (C=O) groups is 2. The maximum absolute atomic E-state index is 12.3. The third-order valence-corrected chi connectivity index (χ3v) is 5.17. The summed E-state index contributed by atoms with van der Waals surface area (Å²) in [6, 6.07) is 11.8. The van der Waals surface area contributed by atoms with Crippen molar-refractivity contribution in [2.24, 2.45) is 0 Å². The van der Waals surface area contributed by atoms with E-state index in [9.17, 15) is 9.59 Å². The zero-order valence-corrected chi connectivity index (χ0v) is 15.2. The molecule has 1 heterocycles. The predicted molar refractivity (Wildman–Crippen MR) is 99.9 cm³/mol. The van der Waals surface area contributed by atoms with Crippen molar-refractivity contribution in [3.05, 3.63) is 57.5 Å². The molecular formula is C19H18N2O4S. The fourth-order valence-corrected chi connectivity index (χ4v) is 3.70. The van der Waals surface area contributed by atoms with Crippen LogP contribution in [-0.4, -0.2) is 29.1 Å². The highest BCUT2D eigenvalue weighted by atomic mass is 32.1. The molecule has 1 amide bonds. The SMILES string of the molecule is COc1ccc2ccccc2c1CNC(=O)Cc1nc(C)c(C(=O)O)s1. The molecule has 1 aromatic heterocycles. The zero-order chi connectivity index (χ0) is 18.7. The maximum Gasteiger partial charge on any atom is 0.347 e. The molecule has 0 saturated heterocycles. The normalized spacial score (nSPS) is 10.7. The number of aromatic carboxylic acids is 1. The monoisotopic (exact) mass is 370 g/mol. The summed E-state index contributed by atoms with van der Waals surface area (Å²) in [4.78, 5) is 27.7. The zero-order valence-electron chi connectivity index (χ0n) is 14.4. The summed E-state index contributed by atoms with van der Waals surface area (Å²) in [5.74, 6) is -0.528. The van der Waals surface area contributed by atoms with E-state index in [1.54, 1.807) is 14.0 Å². The first-order valence-corrected chi connectivity index (χ1v) is 8.82. The first-order chi connectivity index (χ1) is 12.5. The summed E-state index contributed by atoms with van der Waals surface area (Å²) in [6.45, 7) is 1.95. The van der Waals surface area contributed by atoms with E-state index in [0.29, 0.717) is 23.0 Å². The molecule has 7 heteroatoms. The van der Waals surface area contributed by atoms with Crippen LogP contribution in [0, 0.1) is 6.92 Å². The molecule has 6 nitrogen and oxygen atoms in total. The summed E-state index contributed by atoms with van der Waals surface area (Å²) < 4.78 is 5.42. The van der Waals surface area contributed by atoms with Crippen molar-refractivity contribution in [3.8, 4) is 5.75 Å². The number of thiazole rings is 1. The van der Waals surface area contributed by atoms with Gasteiger partial charge in [-0.25, -0.2) is 9.78 Å². The van der Waals surface area contributed by atoms with E-state index < -0.39 is 5.97 Å². The lowest BCUT2D eigenvalue weighted by atomic mass is 10.0. The van der Waals surface area contributed by atoms with Crippen molar-refractivity contribution in [1.29, 1.82) is 0 Å². The van der Waals surface area contributed by atoms with Gasteiger partial charge in [0.1, 0.15) is 15.6 Å². The molecule has 0 radical (unpaired) electrons. The molecule has 0 saturated carbocycles. The summed E-state index contributed by atoms with van der Waals surface area (Å²) in [5, 5.41) is 14.5. The molecule has 0 aliphatic carbocycles. The molecular weight excluding hydrogens is 352 g/mol. The third-order valence-electron chi connectivity index (χ3n) is 4.03. The number of rotatable bonds is 6. The minimum atomic E-state index is -1.02. The predicted octanol–water partition coefficient (Wildman–Crippen LogP) is 3.17. The molecule has 0 bridgehead atoms. The van der Waals surface area contributed by atoms with Crippen LogP contribution < -0.4 is 10.1 Å². The second-order valence-corrected chi connectivity index (χ2v) is 6.83. The minimum absolute atomic E-state index is 0.0475. The Morgan fingerprint density at radius 1 is 1.23 bits per heavy atom. The molecule has 0 atom stereocenters. The molecule has 0 unspecified atom stereocenters. The van der Waals surface area contributed by atoms with Crippen molar-refractivity contribution in [2.45, 2.75) is 19.9 Å². The van der Waals surface area contributed by atoms with Crippen molar-refractivity contribution in [3.63, 3.8) is 0 Å². The number of nitrogens with one attached hydrogen (secondary N) is 1. The summed E-state index contributed by atoms with van der Waals surface area (Å²) in [6.07, 6.45) is 0.0475. The quantitative estimate of drug-likeness (QED) is 0.696. The number of amides is 1. The number of methoxy groups -OCH3 is 1. The molecule has 0 fully saturated rings. The average molecular weight is 370 g/mol. The Morgan fingerprint density at radius 2 is 2.00 bits per heavy atom. The fraction of sp³-hybridized carbons (Fsp3) is 0.211. The highest BCUT2D eigenvalue weighted by Gasteiger charge is 2.16. The van der Waals surface area contributed by atoms with Gasteiger partial charge in [-0.3, -0.25) is 4.79 Å². The minimum Gasteiger partial charge on any atom is -0.496 e. The first kappa shape index (κ1) is 17.9. The van der Waals surface area contributed by atoms with Crippen LogP contribution in [0.1, 0.15) is 25.9 Å². The van der Waals surface area contributed by atoms with Crippen LogP contribution in [0.3, 0.4) is 0 Å². The van der Waals surface area contributed by atoms with Crippen LogP contribution in [0.5, 0.6) is 5.75 Å². The molecule has 2 aromatic carbocycles. The van der Waals surface area contributed by atoms with Crippen LogP contribution in [0.25, 0.3) is 10.8 Å². The summed E-state index contributed by atoms with van der Waals surface area (Å²) in [5.41, 5.74) is 1.33. The van der Waals surface area contributed by atoms with Gasteiger partial charge in [-0.15, -0.1) is 11.3 Å². The Bertz CT molecular complexity index is 981. The number of benzene rings is 2. The molecule has 2 N–H and O–H groups in total. The molecule has 0 spiro atoms. The molecule has 0 aliphatic heterocycles. The van der Waals surface area contributed by atoms with Crippen LogP contribution in [0.4, 0.5) is 0 Å². The Hall–Kier alpha value is -2.93. The maximum atomic E-state index is 12.3. The van der Waals surface area contributed by atoms with Gasteiger partial charge in [0.25, 0.3) is 0 Å². The van der Waals surface area contributed by atoms with E-state index in [1.165, 1.54) is 0 Å². The van der Waals surface area contributed by atoms with Gasteiger partial charge in [0.2, 0.25) is 5.91 Å². The van der Waals surface area contributed by atoms with Gasteiger partial charge in [-0.2, -0.15) is 0 Å². The van der Waals surface area contributed by atoms with Gasteiger partial charge in [0.15, 0.2) is 0 Å². The molecule has 3 aromatic rings. The lowest BCUT2D eigenvalue weighted by Crippen LogP contribution is -2.24. The number of carbonyl (C=O) groups excluding carboxylic acids is 1. The number of carboxylic acids is 1. The Balaban J connectivity index is 1.75. The number of hydrogen-bond acceptors (Lipinski definition) is 5. The van der Waals surface area contributed by atoms with Gasteiger partial charge >= 0.3 is 5.97 Å². The van der Waals surface area contributed by atoms with Crippen LogP contribution >= 0.6 is 11.3 Å². The van der Waals surface area contributed by atoms with E-state index >= 15 is 0 Å². The number of ether oxygens (including phenoxy) is 1.